The standard InChI is InChI=1S/C25H26N2O3/c28-24(26-16-8-13-20-9-3-1-4-10-20)19-30-23-15-7-14-22(17-23)25(29)27-18-21-11-5-2-6-12-21/h1-7,9-12,14-15,17H,8,13,16,18-19H2,(H,26,28)(H,27,29). The van der Waals surface area contributed by atoms with Crippen LogP contribution in [0.4, 0.5) is 0 Å². The van der Waals surface area contributed by atoms with Crippen LogP contribution in [0.5, 0.6) is 5.75 Å². The van der Waals surface area contributed by atoms with Crippen LogP contribution < -0.4 is 15.4 Å². The minimum absolute atomic E-state index is 0.0829. The molecule has 30 heavy (non-hydrogen) atoms. The van der Waals surface area contributed by atoms with E-state index in [0.29, 0.717) is 24.4 Å². The second-order valence-electron chi connectivity index (χ2n) is 6.92. The van der Waals surface area contributed by atoms with E-state index in [4.69, 9.17) is 4.74 Å². The fourth-order valence-electron chi connectivity index (χ4n) is 2.97. The SMILES string of the molecule is O=C(COc1cccc(C(=O)NCc2ccccc2)c1)NCCCc1ccccc1. The van der Waals surface area contributed by atoms with Crippen LogP contribution in [0.1, 0.15) is 27.9 Å². The highest BCUT2D eigenvalue weighted by Crippen LogP contribution is 2.13. The minimum Gasteiger partial charge on any atom is -0.484 e. The van der Waals surface area contributed by atoms with Crippen LogP contribution in [-0.2, 0) is 17.8 Å². The molecule has 3 rings (SSSR count). The lowest BCUT2D eigenvalue weighted by atomic mass is 10.1. The summed E-state index contributed by atoms with van der Waals surface area (Å²) in [6.45, 7) is 0.968. The van der Waals surface area contributed by atoms with E-state index in [-0.39, 0.29) is 18.4 Å². The molecule has 5 nitrogen and oxygen atoms in total. The minimum atomic E-state index is -0.185. The Bertz CT molecular complexity index is 943. The van der Waals surface area contributed by atoms with Gasteiger partial charge in [-0.05, 0) is 42.2 Å². The highest BCUT2D eigenvalue weighted by atomic mass is 16.5. The number of hydrogen-bond donors (Lipinski definition) is 2. The summed E-state index contributed by atoms with van der Waals surface area (Å²) in [4.78, 5) is 24.3. The van der Waals surface area contributed by atoms with Crippen molar-refractivity contribution in [3.63, 3.8) is 0 Å². The molecule has 0 aliphatic rings. The quantitative estimate of drug-likeness (QED) is 0.508. The van der Waals surface area contributed by atoms with Gasteiger partial charge in [-0.25, -0.2) is 0 Å². The maximum Gasteiger partial charge on any atom is 0.257 e. The van der Waals surface area contributed by atoms with Crippen molar-refractivity contribution in [2.75, 3.05) is 13.2 Å². The molecular formula is C25H26N2O3. The summed E-state index contributed by atoms with van der Waals surface area (Å²) in [5, 5.41) is 5.74. The van der Waals surface area contributed by atoms with Crippen molar-refractivity contribution in [2.45, 2.75) is 19.4 Å². The predicted molar refractivity (Wildman–Crippen MR) is 117 cm³/mol. The lowest BCUT2D eigenvalue weighted by molar-refractivity contribution is -0.123. The molecule has 0 aliphatic carbocycles. The van der Waals surface area contributed by atoms with Crippen molar-refractivity contribution in [1.29, 1.82) is 0 Å². The van der Waals surface area contributed by atoms with Gasteiger partial charge < -0.3 is 15.4 Å². The highest BCUT2D eigenvalue weighted by molar-refractivity contribution is 5.94. The smallest absolute Gasteiger partial charge is 0.257 e. The van der Waals surface area contributed by atoms with Gasteiger partial charge in [0, 0.05) is 18.7 Å². The van der Waals surface area contributed by atoms with Crippen molar-refractivity contribution >= 4 is 11.8 Å². The van der Waals surface area contributed by atoms with Gasteiger partial charge in [0.1, 0.15) is 5.75 Å². The molecule has 154 valence electrons. The van der Waals surface area contributed by atoms with Crippen LogP contribution in [0, 0.1) is 0 Å². The first-order chi connectivity index (χ1) is 14.7. The van der Waals surface area contributed by atoms with Crippen molar-refractivity contribution < 1.29 is 14.3 Å². The van der Waals surface area contributed by atoms with Crippen LogP contribution in [0.3, 0.4) is 0 Å². The predicted octanol–water partition coefficient (Wildman–Crippen LogP) is 3.74. The first-order valence-electron chi connectivity index (χ1n) is 10.1. The normalized spacial score (nSPS) is 10.3. The zero-order valence-electron chi connectivity index (χ0n) is 16.8. The summed E-state index contributed by atoms with van der Waals surface area (Å²) in [5.41, 5.74) is 2.78. The fourth-order valence-corrected chi connectivity index (χ4v) is 2.97. The van der Waals surface area contributed by atoms with Gasteiger partial charge in [-0.1, -0.05) is 66.7 Å². The number of rotatable bonds is 10. The molecule has 0 aromatic heterocycles. The number of amides is 2. The summed E-state index contributed by atoms with van der Waals surface area (Å²) < 4.78 is 5.54. The summed E-state index contributed by atoms with van der Waals surface area (Å²) in [6, 6.07) is 26.7. The monoisotopic (exact) mass is 402 g/mol. The Morgan fingerprint density at radius 3 is 2.20 bits per heavy atom. The Morgan fingerprint density at radius 2 is 1.47 bits per heavy atom. The number of carbonyl (C=O) groups excluding carboxylic acids is 2. The molecule has 0 spiro atoms. The van der Waals surface area contributed by atoms with Crippen molar-refractivity contribution in [3.05, 3.63) is 102 Å². The molecule has 0 heterocycles. The van der Waals surface area contributed by atoms with Crippen LogP contribution >= 0.6 is 0 Å². The van der Waals surface area contributed by atoms with Crippen LogP contribution in [0.15, 0.2) is 84.9 Å². The van der Waals surface area contributed by atoms with E-state index in [1.807, 2.05) is 48.5 Å². The first kappa shape index (κ1) is 21.1. The Balaban J connectivity index is 1.38. The number of nitrogens with one attached hydrogen (secondary N) is 2. The summed E-state index contributed by atoms with van der Waals surface area (Å²) in [6.07, 6.45) is 1.79. The Hall–Kier alpha value is -3.60. The van der Waals surface area contributed by atoms with Gasteiger partial charge in [0.2, 0.25) is 0 Å². The lowest BCUT2D eigenvalue weighted by Gasteiger charge is -2.09. The zero-order valence-corrected chi connectivity index (χ0v) is 16.8. The van der Waals surface area contributed by atoms with E-state index in [0.717, 1.165) is 18.4 Å². The fraction of sp³-hybridized carbons (Fsp3) is 0.200. The molecule has 5 heteroatoms. The molecule has 0 saturated carbocycles. The molecule has 3 aromatic rings. The van der Waals surface area contributed by atoms with E-state index in [9.17, 15) is 9.59 Å². The van der Waals surface area contributed by atoms with Gasteiger partial charge in [-0.2, -0.15) is 0 Å². The van der Waals surface area contributed by atoms with Gasteiger partial charge in [0.15, 0.2) is 6.61 Å². The Labute approximate surface area is 177 Å². The van der Waals surface area contributed by atoms with E-state index in [2.05, 4.69) is 22.8 Å². The Morgan fingerprint density at radius 1 is 0.767 bits per heavy atom. The molecule has 2 amide bonds. The third-order valence-corrected chi connectivity index (χ3v) is 4.57. The van der Waals surface area contributed by atoms with Gasteiger partial charge in [-0.15, -0.1) is 0 Å². The van der Waals surface area contributed by atoms with Gasteiger partial charge in [0.05, 0.1) is 0 Å². The molecule has 0 bridgehead atoms. The third-order valence-electron chi connectivity index (χ3n) is 4.57. The number of carbonyl (C=O) groups is 2. The van der Waals surface area contributed by atoms with Crippen molar-refractivity contribution in [1.82, 2.24) is 10.6 Å². The summed E-state index contributed by atoms with van der Waals surface area (Å²) >= 11 is 0. The van der Waals surface area contributed by atoms with Crippen molar-refractivity contribution in [3.8, 4) is 5.75 Å². The molecule has 0 atom stereocenters. The molecule has 0 unspecified atom stereocenters. The number of aryl methyl sites for hydroxylation is 1. The average Bonchev–Trinajstić information content (AvgIpc) is 2.80. The second kappa shape index (κ2) is 11.4. The molecular weight excluding hydrogens is 376 g/mol. The summed E-state index contributed by atoms with van der Waals surface area (Å²) in [5.74, 6) is 0.124. The number of benzene rings is 3. The highest BCUT2D eigenvalue weighted by Gasteiger charge is 2.08. The van der Waals surface area contributed by atoms with Gasteiger partial charge in [-0.3, -0.25) is 9.59 Å². The second-order valence-corrected chi connectivity index (χ2v) is 6.92. The number of ether oxygens (including phenoxy) is 1. The van der Waals surface area contributed by atoms with Crippen LogP contribution in [0.25, 0.3) is 0 Å². The van der Waals surface area contributed by atoms with Gasteiger partial charge in [0.25, 0.3) is 11.8 Å². The molecule has 0 fully saturated rings. The molecule has 0 radical (unpaired) electrons. The Kier molecular flexibility index (Phi) is 8.03. The van der Waals surface area contributed by atoms with E-state index < -0.39 is 0 Å². The van der Waals surface area contributed by atoms with Crippen molar-refractivity contribution in [2.24, 2.45) is 0 Å². The first-order valence-corrected chi connectivity index (χ1v) is 10.1. The van der Waals surface area contributed by atoms with E-state index in [1.165, 1.54) is 5.56 Å². The largest absolute Gasteiger partial charge is 0.484 e. The maximum atomic E-state index is 12.4. The topological polar surface area (TPSA) is 67.4 Å². The molecule has 3 aromatic carbocycles. The van der Waals surface area contributed by atoms with Gasteiger partial charge >= 0.3 is 0 Å². The maximum absolute atomic E-state index is 12.4. The molecule has 2 N–H and O–H groups in total. The zero-order chi connectivity index (χ0) is 21.0. The van der Waals surface area contributed by atoms with E-state index >= 15 is 0 Å². The number of hydrogen-bond acceptors (Lipinski definition) is 3. The van der Waals surface area contributed by atoms with Crippen LogP contribution in [-0.4, -0.2) is 25.0 Å². The summed E-state index contributed by atoms with van der Waals surface area (Å²) in [7, 11) is 0. The van der Waals surface area contributed by atoms with Crippen LogP contribution in [0.2, 0.25) is 0 Å². The average molecular weight is 402 g/mol. The third kappa shape index (κ3) is 7.09. The lowest BCUT2D eigenvalue weighted by Crippen LogP contribution is -2.30. The molecule has 0 aliphatic heterocycles. The van der Waals surface area contributed by atoms with E-state index in [1.54, 1.807) is 24.3 Å². The molecule has 0 saturated heterocycles.